The molecule has 0 saturated carbocycles. The molecule has 2 saturated heterocycles. The van der Waals surface area contributed by atoms with Gasteiger partial charge in [0.1, 0.15) is 5.75 Å². The molecule has 7 heteroatoms. The van der Waals surface area contributed by atoms with E-state index in [4.69, 9.17) is 9.47 Å². The largest absolute Gasteiger partial charge is 0.491 e. The van der Waals surface area contributed by atoms with Crippen molar-refractivity contribution in [2.24, 2.45) is 5.92 Å². The van der Waals surface area contributed by atoms with Gasteiger partial charge in [0.25, 0.3) is 0 Å². The van der Waals surface area contributed by atoms with Crippen molar-refractivity contribution in [2.75, 3.05) is 24.6 Å². The Hall–Kier alpha value is -1.73. The van der Waals surface area contributed by atoms with Crippen molar-refractivity contribution in [2.45, 2.75) is 76.1 Å². The van der Waals surface area contributed by atoms with E-state index in [-0.39, 0.29) is 12.2 Å². The van der Waals surface area contributed by atoms with Gasteiger partial charge in [0.15, 0.2) is 5.16 Å². The molecule has 2 aromatic rings. The van der Waals surface area contributed by atoms with Crippen LogP contribution in [-0.2, 0) is 17.0 Å². The highest BCUT2D eigenvalue weighted by Gasteiger charge is 2.26. The minimum atomic E-state index is 0.160. The lowest BCUT2D eigenvalue weighted by molar-refractivity contribution is 0.0951. The zero-order chi connectivity index (χ0) is 20.9. The van der Waals surface area contributed by atoms with E-state index in [1.54, 1.807) is 11.8 Å². The number of piperidine rings is 1. The van der Waals surface area contributed by atoms with E-state index >= 15 is 0 Å². The van der Waals surface area contributed by atoms with Crippen LogP contribution in [0.15, 0.2) is 29.4 Å². The van der Waals surface area contributed by atoms with Gasteiger partial charge in [-0.05, 0) is 51.5 Å². The van der Waals surface area contributed by atoms with Crippen LogP contribution in [-0.4, -0.2) is 46.7 Å². The van der Waals surface area contributed by atoms with E-state index < -0.39 is 0 Å². The summed E-state index contributed by atoms with van der Waals surface area (Å²) in [4.78, 5) is 2.40. The van der Waals surface area contributed by atoms with Gasteiger partial charge in [0, 0.05) is 31.0 Å². The molecule has 164 valence electrons. The minimum Gasteiger partial charge on any atom is -0.491 e. The molecule has 6 nitrogen and oxygen atoms in total. The fourth-order valence-corrected chi connectivity index (χ4v) is 5.05. The molecule has 2 fully saturated rings. The Bertz CT molecular complexity index is 811. The molecule has 2 aliphatic heterocycles. The van der Waals surface area contributed by atoms with E-state index in [1.807, 2.05) is 12.1 Å². The molecule has 3 heterocycles. The Morgan fingerprint density at radius 3 is 2.70 bits per heavy atom. The normalized spacial score (nSPS) is 20.3. The second-order valence-corrected chi connectivity index (χ2v) is 9.70. The summed E-state index contributed by atoms with van der Waals surface area (Å²) in [5, 5.41) is 10.2. The van der Waals surface area contributed by atoms with Crippen molar-refractivity contribution in [1.82, 2.24) is 14.8 Å². The van der Waals surface area contributed by atoms with Crippen LogP contribution in [0.25, 0.3) is 0 Å². The molecule has 30 heavy (non-hydrogen) atoms. The molecule has 1 atom stereocenters. The third-order valence-electron chi connectivity index (χ3n) is 5.87. The predicted octanol–water partition coefficient (Wildman–Crippen LogP) is 4.77. The SMILES string of the molecule is CC1CCN(c2nnc(SCc3ccccc3OC(C)C)n2CC2CCCO2)CC1. The van der Waals surface area contributed by atoms with Gasteiger partial charge < -0.3 is 14.4 Å². The minimum absolute atomic E-state index is 0.160. The van der Waals surface area contributed by atoms with Crippen LogP contribution in [0, 0.1) is 5.92 Å². The molecular formula is C23H34N4O2S. The first-order valence-electron chi connectivity index (χ1n) is 11.3. The number of hydrogen-bond acceptors (Lipinski definition) is 6. The van der Waals surface area contributed by atoms with Gasteiger partial charge in [0.2, 0.25) is 5.95 Å². The number of thioether (sulfide) groups is 1. The van der Waals surface area contributed by atoms with Crippen LogP contribution >= 0.6 is 11.8 Å². The molecule has 1 unspecified atom stereocenters. The first kappa shape index (κ1) is 21.5. The van der Waals surface area contributed by atoms with E-state index in [9.17, 15) is 0 Å². The number of benzene rings is 1. The number of hydrogen-bond donors (Lipinski definition) is 0. The van der Waals surface area contributed by atoms with Gasteiger partial charge in [-0.3, -0.25) is 4.57 Å². The summed E-state index contributed by atoms with van der Waals surface area (Å²) in [5.41, 5.74) is 1.19. The molecule has 0 spiro atoms. The summed E-state index contributed by atoms with van der Waals surface area (Å²) in [6.45, 7) is 10.3. The first-order valence-corrected chi connectivity index (χ1v) is 12.3. The molecule has 0 aliphatic carbocycles. The quantitative estimate of drug-likeness (QED) is 0.562. The number of anilines is 1. The average molecular weight is 431 g/mol. The molecular weight excluding hydrogens is 396 g/mol. The van der Waals surface area contributed by atoms with Crippen LogP contribution in [0.5, 0.6) is 5.75 Å². The zero-order valence-corrected chi connectivity index (χ0v) is 19.2. The molecule has 0 amide bonds. The number of para-hydroxylation sites is 1. The molecule has 4 rings (SSSR count). The highest BCUT2D eigenvalue weighted by molar-refractivity contribution is 7.98. The van der Waals surface area contributed by atoms with E-state index in [2.05, 4.69) is 52.6 Å². The van der Waals surface area contributed by atoms with Crippen LogP contribution in [0.1, 0.15) is 52.0 Å². The summed E-state index contributed by atoms with van der Waals surface area (Å²) in [6, 6.07) is 8.29. The Labute approximate surface area is 184 Å². The van der Waals surface area contributed by atoms with Gasteiger partial charge in [-0.15, -0.1) is 10.2 Å². The number of nitrogens with zero attached hydrogens (tertiary/aromatic N) is 4. The second-order valence-electron chi connectivity index (χ2n) is 8.76. The summed E-state index contributed by atoms with van der Waals surface area (Å²) in [6.07, 6.45) is 5.12. The van der Waals surface area contributed by atoms with Crippen molar-refractivity contribution >= 4 is 17.7 Å². The maximum absolute atomic E-state index is 6.00. The number of ether oxygens (including phenoxy) is 2. The predicted molar refractivity (Wildman–Crippen MR) is 121 cm³/mol. The third-order valence-corrected chi connectivity index (χ3v) is 6.88. The van der Waals surface area contributed by atoms with E-state index in [0.29, 0.717) is 0 Å². The summed E-state index contributed by atoms with van der Waals surface area (Å²) in [5.74, 6) is 3.56. The molecule has 1 aromatic carbocycles. The molecule has 0 radical (unpaired) electrons. The van der Waals surface area contributed by atoms with Crippen LogP contribution in [0.3, 0.4) is 0 Å². The smallest absolute Gasteiger partial charge is 0.228 e. The topological polar surface area (TPSA) is 52.4 Å². The Morgan fingerprint density at radius 2 is 1.97 bits per heavy atom. The monoisotopic (exact) mass is 430 g/mol. The molecule has 0 N–H and O–H groups in total. The van der Waals surface area contributed by atoms with Crippen molar-refractivity contribution in [3.05, 3.63) is 29.8 Å². The number of rotatable bonds is 8. The zero-order valence-electron chi connectivity index (χ0n) is 18.4. The standard InChI is InChI=1S/C23H34N4O2S/c1-17(2)29-21-9-5-4-7-19(21)16-30-23-25-24-22(26-12-10-18(3)11-13-26)27(23)15-20-8-6-14-28-20/h4-5,7,9,17-18,20H,6,8,10-16H2,1-3H3. The van der Waals surface area contributed by atoms with Crippen LogP contribution in [0.4, 0.5) is 5.95 Å². The fourth-order valence-electron chi connectivity index (χ4n) is 4.12. The van der Waals surface area contributed by atoms with E-state index in [0.717, 1.165) is 67.6 Å². The second kappa shape index (κ2) is 10.1. The van der Waals surface area contributed by atoms with Crippen LogP contribution < -0.4 is 9.64 Å². The fraction of sp³-hybridized carbons (Fsp3) is 0.652. The Morgan fingerprint density at radius 1 is 1.17 bits per heavy atom. The van der Waals surface area contributed by atoms with Crippen molar-refractivity contribution in [3.63, 3.8) is 0 Å². The van der Waals surface area contributed by atoms with Gasteiger partial charge >= 0.3 is 0 Å². The van der Waals surface area contributed by atoms with E-state index in [1.165, 1.54) is 18.4 Å². The molecule has 1 aromatic heterocycles. The van der Waals surface area contributed by atoms with Crippen molar-refractivity contribution < 1.29 is 9.47 Å². The summed E-state index contributed by atoms with van der Waals surface area (Å²) >= 11 is 1.74. The maximum Gasteiger partial charge on any atom is 0.228 e. The third kappa shape index (κ3) is 5.30. The van der Waals surface area contributed by atoms with Crippen LogP contribution in [0.2, 0.25) is 0 Å². The first-order chi connectivity index (χ1) is 14.6. The Balaban J connectivity index is 1.52. The lowest BCUT2D eigenvalue weighted by Gasteiger charge is -2.31. The summed E-state index contributed by atoms with van der Waals surface area (Å²) in [7, 11) is 0. The highest BCUT2D eigenvalue weighted by atomic mass is 32.2. The Kier molecular flexibility index (Phi) is 7.20. The lowest BCUT2D eigenvalue weighted by Crippen LogP contribution is -2.35. The van der Waals surface area contributed by atoms with Gasteiger partial charge in [-0.1, -0.05) is 36.9 Å². The highest BCUT2D eigenvalue weighted by Crippen LogP contribution is 2.31. The van der Waals surface area contributed by atoms with Gasteiger partial charge in [-0.25, -0.2) is 0 Å². The van der Waals surface area contributed by atoms with Crippen molar-refractivity contribution in [1.29, 1.82) is 0 Å². The number of aromatic nitrogens is 3. The lowest BCUT2D eigenvalue weighted by atomic mass is 10.00. The summed E-state index contributed by atoms with van der Waals surface area (Å²) < 4.78 is 14.2. The molecule has 0 bridgehead atoms. The van der Waals surface area contributed by atoms with Gasteiger partial charge in [0.05, 0.1) is 18.8 Å². The average Bonchev–Trinajstić information content (AvgIpc) is 3.38. The maximum atomic E-state index is 6.00. The van der Waals surface area contributed by atoms with Crippen molar-refractivity contribution in [3.8, 4) is 5.75 Å². The molecule has 2 aliphatic rings. The van der Waals surface area contributed by atoms with Gasteiger partial charge in [-0.2, -0.15) is 0 Å².